The lowest BCUT2D eigenvalue weighted by atomic mass is 10.0. The van der Waals surface area contributed by atoms with Crippen LogP contribution in [-0.4, -0.2) is 43.0 Å². The van der Waals surface area contributed by atoms with Gasteiger partial charge in [0.05, 0.1) is 0 Å². The Morgan fingerprint density at radius 1 is 1.37 bits per heavy atom. The van der Waals surface area contributed by atoms with Gasteiger partial charge in [0.2, 0.25) is 5.91 Å². The highest BCUT2D eigenvalue weighted by molar-refractivity contribution is 5.87. The zero-order valence-electron chi connectivity index (χ0n) is 12.2. The van der Waals surface area contributed by atoms with Crippen molar-refractivity contribution in [2.24, 2.45) is 5.73 Å². The van der Waals surface area contributed by atoms with E-state index in [1.54, 1.807) is 4.90 Å². The van der Waals surface area contributed by atoms with Crippen molar-refractivity contribution >= 4 is 11.6 Å². The van der Waals surface area contributed by atoms with E-state index in [9.17, 15) is 4.79 Å². The molecule has 0 spiro atoms. The summed E-state index contributed by atoms with van der Waals surface area (Å²) in [5.74, 6) is 0.113. The molecule has 4 nitrogen and oxygen atoms in total. The Labute approximate surface area is 115 Å². The van der Waals surface area contributed by atoms with Crippen molar-refractivity contribution in [2.75, 3.05) is 25.0 Å². The lowest BCUT2D eigenvalue weighted by Crippen LogP contribution is -2.62. The predicted molar refractivity (Wildman–Crippen MR) is 78.3 cm³/mol. The number of benzene rings is 1. The Balaban J connectivity index is 2.42. The maximum Gasteiger partial charge on any atom is 0.246 e. The maximum atomic E-state index is 12.4. The molecule has 1 aromatic carbocycles. The average Bonchev–Trinajstić information content (AvgIpc) is 2.39. The molecule has 0 radical (unpaired) electrons. The minimum atomic E-state index is -0.248. The molecule has 1 aliphatic heterocycles. The molecule has 1 aliphatic rings. The van der Waals surface area contributed by atoms with E-state index in [2.05, 4.69) is 37.8 Å². The van der Waals surface area contributed by atoms with Crippen molar-refractivity contribution in [3.8, 4) is 0 Å². The summed E-state index contributed by atoms with van der Waals surface area (Å²) in [6, 6.07) is 6.17. The lowest BCUT2D eigenvalue weighted by Gasteiger charge is -2.44. The van der Waals surface area contributed by atoms with Crippen molar-refractivity contribution in [3.63, 3.8) is 0 Å². The molecule has 1 fully saturated rings. The second-order valence-electron chi connectivity index (χ2n) is 5.42. The second-order valence-corrected chi connectivity index (χ2v) is 5.42. The molecule has 19 heavy (non-hydrogen) atoms. The van der Waals surface area contributed by atoms with Gasteiger partial charge in [0.1, 0.15) is 6.04 Å². The van der Waals surface area contributed by atoms with Crippen molar-refractivity contribution in [1.29, 1.82) is 0 Å². The number of aryl methyl sites for hydroxylation is 1. The third kappa shape index (κ3) is 2.32. The van der Waals surface area contributed by atoms with Crippen molar-refractivity contribution < 1.29 is 4.79 Å². The molecule has 104 valence electrons. The number of amides is 1. The summed E-state index contributed by atoms with van der Waals surface area (Å²) in [6.45, 7) is 7.45. The Kier molecular flexibility index (Phi) is 3.80. The van der Waals surface area contributed by atoms with E-state index in [4.69, 9.17) is 5.73 Å². The zero-order valence-corrected chi connectivity index (χ0v) is 12.2. The van der Waals surface area contributed by atoms with E-state index in [-0.39, 0.29) is 18.0 Å². The highest BCUT2D eigenvalue weighted by atomic mass is 16.2. The number of likely N-dealkylation sites (N-methyl/N-ethyl adjacent to an activating group) is 1. The molecule has 1 heterocycles. The van der Waals surface area contributed by atoms with Gasteiger partial charge >= 0.3 is 0 Å². The van der Waals surface area contributed by atoms with Gasteiger partial charge in [-0.2, -0.15) is 0 Å². The monoisotopic (exact) mass is 261 g/mol. The second kappa shape index (κ2) is 5.21. The first-order valence-corrected chi connectivity index (χ1v) is 6.77. The fraction of sp³-hybridized carbons (Fsp3) is 0.533. The maximum absolute atomic E-state index is 12.4. The number of piperazine rings is 1. The van der Waals surface area contributed by atoms with Gasteiger partial charge in [0.15, 0.2) is 0 Å². The smallest absolute Gasteiger partial charge is 0.246 e. The fourth-order valence-corrected chi connectivity index (χ4v) is 2.66. The van der Waals surface area contributed by atoms with Crippen LogP contribution in [0.15, 0.2) is 18.2 Å². The van der Waals surface area contributed by atoms with Crippen LogP contribution in [0.1, 0.15) is 18.1 Å². The van der Waals surface area contributed by atoms with Gasteiger partial charge in [-0.25, -0.2) is 0 Å². The fourth-order valence-electron chi connectivity index (χ4n) is 2.66. The third-order valence-electron chi connectivity index (χ3n) is 4.24. The van der Waals surface area contributed by atoms with E-state index in [1.807, 2.05) is 13.1 Å². The van der Waals surface area contributed by atoms with Gasteiger partial charge in [-0.1, -0.05) is 12.1 Å². The third-order valence-corrected chi connectivity index (χ3v) is 4.24. The molecule has 0 aliphatic carbocycles. The Hall–Kier alpha value is -1.55. The Bertz CT molecular complexity index is 486. The van der Waals surface area contributed by atoms with Gasteiger partial charge in [0, 0.05) is 31.9 Å². The van der Waals surface area contributed by atoms with Crippen LogP contribution >= 0.6 is 0 Å². The molecule has 1 saturated heterocycles. The van der Waals surface area contributed by atoms with E-state index in [0.29, 0.717) is 6.54 Å². The Morgan fingerprint density at radius 2 is 2.05 bits per heavy atom. The van der Waals surface area contributed by atoms with E-state index in [0.717, 1.165) is 12.2 Å². The van der Waals surface area contributed by atoms with Crippen molar-refractivity contribution in [3.05, 3.63) is 29.3 Å². The number of rotatable bonds is 2. The topological polar surface area (TPSA) is 49.6 Å². The quantitative estimate of drug-likeness (QED) is 0.873. The molecule has 1 aromatic rings. The average molecular weight is 261 g/mol. The minimum absolute atomic E-state index is 0.113. The first-order valence-electron chi connectivity index (χ1n) is 6.77. The molecule has 2 unspecified atom stereocenters. The Morgan fingerprint density at radius 3 is 2.68 bits per heavy atom. The molecular formula is C15H23N3O. The number of carbonyl (C=O) groups excluding carboxylic acids is 1. The SMILES string of the molecule is Cc1cccc(N2CC(C)N(C)C(=O)C2CN)c1C. The lowest BCUT2D eigenvalue weighted by molar-refractivity contribution is -0.134. The molecule has 2 rings (SSSR count). The molecular weight excluding hydrogens is 238 g/mol. The molecule has 2 atom stereocenters. The number of nitrogens with zero attached hydrogens (tertiary/aromatic N) is 2. The van der Waals surface area contributed by atoms with Crippen LogP contribution < -0.4 is 10.6 Å². The number of carbonyl (C=O) groups is 1. The highest BCUT2D eigenvalue weighted by Crippen LogP contribution is 2.28. The van der Waals surface area contributed by atoms with Crippen LogP contribution in [0, 0.1) is 13.8 Å². The summed E-state index contributed by atoms with van der Waals surface area (Å²) in [7, 11) is 1.86. The zero-order chi connectivity index (χ0) is 14.2. The predicted octanol–water partition coefficient (Wildman–Crippen LogP) is 1.30. The van der Waals surface area contributed by atoms with Crippen LogP contribution in [0.5, 0.6) is 0 Å². The van der Waals surface area contributed by atoms with Crippen LogP contribution in [0.4, 0.5) is 5.69 Å². The number of anilines is 1. The normalized spacial score (nSPS) is 23.9. The summed E-state index contributed by atoms with van der Waals surface area (Å²) in [4.78, 5) is 16.3. The molecule has 4 heteroatoms. The summed E-state index contributed by atoms with van der Waals surface area (Å²) in [5, 5.41) is 0. The van der Waals surface area contributed by atoms with Crippen molar-refractivity contribution in [1.82, 2.24) is 4.90 Å². The van der Waals surface area contributed by atoms with Gasteiger partial charge in [-0.15, -0.1) is 0 Å². The van der Waals surface area contributed by atoms with Gasteiger partial charge in [-0.3, -0.25) is 4.79 Å². The highest BCUT2D eigenvalue weighted by Gasteiger charge is 2.36. The summed E-state index contributed by atoms with van der Waals surface area (Å²) >= 11 is 0. The summed E-state index contributed by atoms with van der Waals surface area (Å²) < 4.78 is 0. The summed E-state index contributed by atoms with van der Waals surface area (Å²) in [6.07, 6.45) is 0. The summed E-state index contributed by atoms with van der Waals surface area (Å²) in [5.41, 5.74) is 9.43. The van der Waals surface area contributed by atoms with Gasteiger partial charge in [-0.05, 0) is 38.0 Å². The minimum Gasteiger partial charge on any atom is -0.356 e. The largest absolute Gasteiger partial charge is 0.356 e. The van der Waals surface area contributed by atoms with Crippen LogP contribution in [0.3, 0.4) is 0 Å². The molecule has 0 aromatic heterocycles. The molecule has 0 bridgehead atoms. The molecule has 2 N–H and O–H groups in total. The number of hydrogen-bond acceptors (Lipinski definition) is 3. The molecule has 1 amide bonds. The number of hydrogen-bond donors (Lipinski definition) is 1. The first-order chi connectivity index (χ1) is 8.97. The van der Waals surface area contributed by atoms with Gasteiger partial charge in [0.25, 0.3) is 0 Å². The number of nitrogens with two attached hydrogens (primary N) is 1. The van der Waals surface area contributed by atoms with Crippen molar-refractivity contribution in [2.45, 2.75) is 32.9 Å². The first kappa shape index (κ1) is 13.9. The van der Waals surface area contributed by atoms with Crippen LogP contribution in [0.25, 0.3) is 0 Å². The van der Waals surface area contributed by atoms with E-state index >= 15 is 0 Å². The molecule has 0 saturated carbocycles. The van der Waals surface area contributed by atoms with Crippen LogP contribution in [-0.2, 0) is 4.79 Å². The van der Waals surface area contributed by atoms with Gasteiger partial charge < -0.3 is 15.5 Å². The van der Waals surface area contributed by atoms with Crippen LogP contribution in [0.2, 0.25) is 0 Å². The van der Waals surface area contributed by atoms with E-state index in [1.165, 1.54) is 11.1 Å². The van der Waals surface area contributed by atoms with E-state index < -0.39 is 0 Å². The standard InChI is InChI=1S/C15H23N3O/c1-10-6-5-7-13(12(10)3)18-9-11(2)17(4)15(19)14(18)8-16/h5-7,11,14H,8-9,16H2,1-4H3.